The van der Waals surface area contributed by atoms with E-state index in [2.05, 4.69) is 5.16 Å². The summed E-state index contributed by atoms with van der Waals surface area (Å²) in [5, 5.41) is 4.57. The van der Waals surface area contributed by atoms with Gasteiger partial charge in [0, 0.05) is 47.9 Å². The van der Waals surface area contributed by atoms with Crippen LogP contribution in [-0.4, -0.2) is 52.9 Å². The van der Waals surface area contributed by atoms with Gasteiger partial charge >= 0.3 is 0 Å². The third-order valence-electron chi connectivity index (χ3n) is 3.81. The number of halogens is 2. The van der Waals surface area contributed by atoms with E-state index in [1.807, 2.05) is 0 Å². The summed E-state index contributed by atoms with van der Waals surface area (Å²) in [6.07, 6.45) is 0. The monoisotopic (exact) mass is 367 g/mol. The number of carbonyl (C=O) groups is 2. The van der Waals surface area contributed by atoms with Crippen molar-refractivity contribution in [3.05, 3.63) is 51.3 Å². The van der Waals surface area contributed by atoms with Crippen LogP contribution in [-0.2, 0) is 0 Å². The second kappa shape index (κ2) is 6.83. The third kappa shape index (κ3) is 3.55. The van der Waals surface area contributed by atoms with Crippen molar-refractivity contribution < 1.29 is 14.1 Å². The molecule has 0 atom stereocenters. The molecule has 0 unspecified atom stereocenters. The van der Waals surface area contributed by atoms with Gasteiger partial charge in [-0.15, -0.1) is 0 Å². The molecule has 126 valence electrons. The van der Waals surface area contributed by atoms with Crippen LogP contribution >= 0.6 is 23.2 Å². The molecule has 3 rings (SSSR count). The first-order valence-corrected chi connectivity index (χ1v) is 8.17. The molecular weight excluding hydrogens is 353 g/mol. The number of amides is 2. The molecule has 1 aromatic carbocycles. The molecule has 1 fully saturated rings. The molecule has 0 aliphatic carbocycles. The Morgan fingerprint density at radius 1 is 0.958 bits per heavy atom. The van der Waals surface area contributed by atoms with E-state index in [0.717, 1.165) is 0 Å². The maximum atomic E-state index is 12.5. The van der Waals surface area contributed by atoms with E-state index in [9.17, 15) is 9.59 Å². The quantitative estimate of drug-likeness (QED) is 0.818. The van der Waals surface area contributed by atoms with Gasteiger partial charge in [-0.25, -0.2) is 0 Å². The number of piperazine rings is 1. The Kier molecular flexibility index (Phi) is 4.78. The van der Waals surface area contributed by atoms with Crippen molar-refractivity contribution in [2.75, 3.05) is 26.2 Å². The number of hydrogen-bond donors (Lipinski definition) is 0. The van der Waals surface area contributed by atoms with E-state index < -0.39 is 0 Å². The molecule has 8 heteroatoms. The Morgan fingerprint density at radius 3 is 2.00 bits per heavy atom. The molecule has 2 aromatic rings. The molecule has 24 heavy (non-hydrogen) atoms. The van der Waals surface area contributed by atoms with E-state index in [-0.39, 0.29) is 17.5 Å². The molecule has 1 saturated heterocycles. The molecular formula is C16H15Cl2N3O3. The third-order valence-corrected chi connectivity index (χ3v) is 4.25. The van der Waals surface area contributed by atoms with E-state index in [1.165, 1.54) is 0 Å². The number of nitrogens with zero attached hydrogens (tertiary/aromatic N) is 3. The van der Waals surface area contributed by atoms with Crippen LogP contribution < -0.4 is 0 Å². The highest BCUT2D eigenvalue weighted by molar-refractivity contribution is 6.35. The summed E-state index contributed by atoms with van der Waals surface area (Å²) >= 11 is 11.9. The van der Waals surface area contributed by atoms with Gasteiger partial charge in [-0.05, 0) is 25.1 Å². The molecule has 0 N–H and O–H groups in total. The molecule has 1 aliphatic heterocycles. The zero-order valence-corrected chi connectivity index (χ0v) is 14.5. The average Bonchev–Trinajstić information content (AvgIpc) is 2.99. The normalized spacial score (nSPS) is 14.8. The Hall–Kier alpha value is -2.05. The number of rotatable bonds is 2. The highest BCUT2D eigenvalue weighted by Gasteiger charge is 2.27. The highest BCUT2D eigenvalue weighted by atomic mass is 35.5. The fourth-order valence-corrected chi connectivity index (χ4v) is 3.13. The lowest BCUT2D eigenvalue weighted by molar-refractivity contribution is 0.0530. The van der Waals surface area contributed by atoms with Crippen molar-refractivity contribution in [1.82, 2.24) is 15.0 Å². The van der Waals surface area contributed by atoms with Gasteiger partial charge in [0.05, 0.1) is 0 Å². The first-order valence-electron chi connectivity index (χ1n) is 7.42. The van der Waals surface area contributed by atoms with E-state index in [0.29, 0.717) is 47.5 Å². The maximum Gasteiger partial charge on any atom is 0.276 e. The highest BCUT2D eigenvalue weighted by Crippen LogP contribution is 2.21. The summed E-state index contributed by atoms with van der Waals surface area (Å²) in [7, 11) is 0. The maximum absolute atomic E-state index is 12.5. The minimum atomic E-state index is -0.190. The van der Waals surface area contributed by atoms with Crippen LogP contribution in [0.3, 0.4) is 0 Å². The van der Waals surface area contributed by atoms with Crippen LogP contribution in [0.1, 0.15) is 26.6 Å². The predicted octanol–water partition coefficient (Wildman–Crippen LogP) is 2.89. The van der Waals surface area contributed by atoms with Gasteiger partial charge in [-0.2, -0.15) is 0 Å². The Bertz CT molecular complexity index is 762. The number of hydrogen-bond acceptors (Lipinski definition) is 4. The lowest BCUT2D eigenvalue weighted by atomic mass is 10.1. The minimum Gasteiger partial charge on any atom is -0.361 e. The van der Waals surface area contributed by atoms with Crippen molar-refractivity contribution in [3.63, 3.8) is 0 Å². The summed E-state index contributed by atoms with van der Waals surface area (Å²) in [6.45, 7) is 3.48. The summed E-state index contributed by atoms with van der Waals surface area (Å²) in [4.78, 5) is 28.2. The molecule has 6 nitrogen and oxygen atoms in total. The van der Waals surface area contributed by atoms with Crippen LogP contribution in [0, 0.1) is 6.92 Å². The molecule has 0 bridgehead atoms. The molecule has 1 aliphatic rings. The smallest absolute Gasteiger partial charge is 0.276 e. The number of aryl methyl sites for hydroxylation is 1. The standard InChI is InChI=1S/C16H15Cl2N3O3/c1-10-6-14(19-24-10)16(23)21-4-2-20(3-5-21)15(22)11-7-12(17)9-13(18)8-11/h6-9H,2-5H2,1H3. The Morgan fingerprint density at radius 2 is 1.50 bits per heavy atom. The van der Waals surface area contributed by atoms with Crippen LogP contribution in [0.25, 0.3) is 0 Å². The number of aromatic nitrogens is 1. The first-order chi connectivity index (χ1) is 11.4. The van der Waals surface area contributed by atoms with Crippen molar-refractivity contribution >= 4 is 35.0 Å². The zero-order valence-electron chi connectivity index (χ0n) is 13.0. The van der Waals surface area contributed by atoms with E-state index >= 15 is 0 Å². The average molecular weight is 368 g/mol. The van der Waals surface area contributed by atoms with Gasteiger partial charge in [0.25, 0.3) is 11.8 Å². The van der Waals surface area contributed by atoms with Gasteiger partial charge in [0.2, 0.25) is 0 Å². The summed E-state index contributed by atoms with van der Waals surface area (Å²) in [5.41, 5.74) is 0.730. The van der Waals surface area contributed by atoms with E-state index in [4.69, 9.17) is 27.7 Å². The van der Waals surface area contributed by atoms with E-state index in [1.54, 1.807) is 41.0 Å². The van der Waals surface area contributed by atoms with Crippen LogP contribution in [0.15, 0.2) is 28.8 Å². The Balaban J connectivity index is 1.64. The molecule has 1 aromatic heterocycles. The fourth-order valence-electron chi connectivity index (χ4n) is 2.60. The van der Waals surface area contributed by atoms with Gasteiger partial charge in [-0.1, -0.05) is 28.4 Å². The number of carbonyl (C=O) groups excluding carboxylic acids is 2. The lowest BCUT2D eigenvalue weighted by Gasteiger charge is -2.34. The molecule has 0 saturated carbocycles. The first kappa shape index (κ1) is 16.8. The van der Waals surface area contributed by atoms with Crippen molar-refractivity contribution in [3.8, 4) is 0 Å². The zero-order chi connectivity index (χ0) is 17.3. The van der Waals surface area contributed by atoms with Crippen molar-refractivity contribution in [1.29, 1.82) is 0 Å². The van der Waals surface area contributed by atoms with Crippen LogP contribution in [0.2, 0.25) is 10.0 Å². The van der Waals surface area contributed by atoms with Crippen molar-refractivity contribution in [2.45, 2.75) is 6.92 Å². The van der Waals surface area contributed by atoms with Crippen LogP contribution in [0.5, 0.6) is 0 Å². The molecule has 0 radical (unpaired) electrons. The fraction of sp³-hybridized carbons (Fsp3) is 0.312. The largest absolute Gasteiger partial charge is 0.361 e. The molecule has 2 heterocycles. The second-order valence-corrected chi connectivity index (χ2v) is 6.44. The van der Waals surface area contributed by atoms with Gasteiger partial charge < -0.3 is 14.3 Å². The van der Waals surface area contributed by atoms with Gasteiger partial charge in [0.1, 0.15) is 5.76 Å². The predicted molar refractivity (Wildman–Crippen MR) is 89.5 cm³/mol. The second-order valence-electron chi connectivity index (χ2n) is 5.57. The summed E-state index contributed by atoms with van der Waals surface area (Å²) < 4.78 is 4.93. The molecule has 0 spiro atoms. The SMILES string of the molecule is Cc1cc(C(=O)N2CCN(C(=O)c3cc(Cl)cc(Cl)c3)CC2)no1. The lowest BCUT2D eigenvalue weighted by Crippen LogP contribution is -2.50. The number of benzene rings is 1. The summed E-state index contributed by atoms with van der Waals surface area (Å²) in [6, 6.07) is 6.36. The van der Waals surface area contributed by atoms with Crippen LogP contribution in [0.4, 0.5) is 0 Å². The van der Waals surface area contributed by atoms with Gasteiger partial charge in [0.15, 0.2) is 5.69 Å². The molecule has 2 amide bonds. The minimum absolute atomic E-state index is 0.149. The topological polar surface area (TPSA) is 66.7 Å². The van der Waals surface area contributed by atoms with Gasteiger partial charge in [-0.3, -0.25) is 9.59 Å². The Labute approximate surface area is 148 Å². The summed E-state index contributed by atoms with van der Waals surface area (Å²) in [5.74, 6) is 0.249. The van der Waals surface area contributed by atoms with Crippen molar-refractivity contribution in [2.24, 2.45) is 0 Å².